The van der Waals surface area contributed by atoms with E-state index in [2.05, 4.69) is 27.5 Å². The number of carboxylic acid groups (broad SMARTS) is 1. The highest BCUT2D eigenvalue weighted by Gasteiger charge is 2.38. The molecule has 1 unspecified atom stereocenters. The molecule has 2 aromatic heterocycles. The molecule has 0 spiro atoms. The standard InChI is InChI=1S/C21H25N5O.C2HF3O2/c1-14-18(12-17-15(2)24-25(3)20(17)23-14)21(27)26-11-7-10-22-19(13-26)16-8-5-4-6-9-16;3-2(4,5)1(6)7/h4-6,8-9,12,19,22H,7,10-11,13H2,1-3H3;(H,6,7). The van der Waals surface area contributed by atoms with Crippen LogP contribution in [0.1, 0.15) is 39.8 Å². The number of aromatic nitrogens is 3. The molecule has 1 fully saturated rings. The molecule has 8 nitrogen and oxygen atoms in total. The third-order valence-corrected chi connectivity index (χ3v) is 5.55. The van der Waals surface area contributed by atoms with E-state index in [1.807, 2.05) is 50.1 Å². The first kappa shape index (κ1) is 25.2. The molecule has 0 bridgehead atoms. The lowest BCUT2D eigenvalue weighted by atomic mass is 10.1. The smallest absolute Gasteiger partial charge is 0.475 e. The molecule has 1 atom stereocenters. The second kappa shape index (κ2) is 10.2. The summed E-state index contributed by atoms with van der Waals surface area (Å²) in [6, 6.07) is 12.4. The summed E-state index contributed by atoms with van der Waals surface area (Å²) in [6.45, 7) is 6.17. The predicted molar refractivity (Wildman–Crippen MR) is 119 cm³/mol. The summed E-state index contributed by atoms with van der Waals surface area (Å²) in [4.78, 5) is 28.8. The molecule has 182 valence electrons. The number of fused-ring (bicyclic) bond motifs is 1. The predicted octanol–water partition coefficient (Wildman–Crippen LogP) is 3.40. The summed E-state index contributed by atoms with van der Waals surface area (Å²) < 4.78 is 33.5. The number of hydrogen-bond donors (Lipinski definition) is 2. The zero-order valence-electron chi connectivity index (χ0n) is 19.1. The van der Waals surface area contributed by atoms with Crippen molar-refractivity contribution in [3.05, 3.63) is 58.9 Å². The van der Waals surface area contributed by atoms with Crippen molar-refractivity contribution in [2.24, 2.45) is 7.05 Å². The number of nitrogens with one attached hydrogen (secondary N) is 1. The van der Waals surface area contributed by atoms with Crippen LogP contribution in [-0.2, 0) is 11.8 Å². The Hall–Kier alpha value is -3.47. The number of alkyl halides is 3. The average molecular weight is 477 g/mol. The average Bonchev–Trinajstić information content (AvgIpc) is 2.96. The fourth-order valence-corrected chi connectivity index (χ4v) is 3.83. The van der Waals surface area contributed by atoms with Crippen molar-refractivity contribution in [3.63, 3.8) is 0 Å². The van der Waals surface area contributed by atoms with Crippen molar-refractivity contribution in [2.45, 2.75) is 32.5 Å². The maximum atomic E-state index is 13.3. The van der Waals surface area contributed by atoms with Crippen LogP contribution in [0.4, 0.5) is 13.2 Å². The highest BCUT2D eigenvalue weighted by atomic mass is 19.4. The van der Waals surface area contributed by atoms with Crippen molar-refractivity contribution in [3.8, 4) is 0 Å². The van der Waals surface area contributed by atoms with E-state index < -0.39 is 12.1 Å². The molecule has 0 saturated carbocycles. The van der Waals surface area contributed by atoms with E-state index in [-0.39, 0.29) is 11.9 Å². The topological polar surface area (TPSA) is 100 Å². The molecular formula is C23H26F3N5O3. The number of benzene rings is 1. The molecule has 1 aliphatic rings. The van der Waals surface area contributed by atoms with Crippen LogP contribution < -0.4 is 5.32 Å². The fourth-order valence-electron chi connectivity index (χ4n) is 3.83. The molecule has 3 aromatic rings. The molecule has 4 rings (SSSR count). The summed E-state index contributed by atoms with van der Waals surface area (Å²) in [5.74, 6) is -2.71. The van der Waals surface area contributed by atoms with Crippen LogP contribution in [0.2, 0.25) is 0 Å². The summed E-state index contributed by atoms with van der Waals surface area (Å²) in [5, 5.41) is 16.1. The zero-order chi connectivity index (χ0) is 25.0. The van der Waals surface area contributed by atoms with E-state index in [1.54, 1.807) is 4.68 Å². The molecular weight excluding hydrogens is 451 g/mol. The summed E-state index contributed by atoms with van der Waals surface area (Å²) in [7, 11) is 1.88. The van der Waals surface area contributed by atoms with Gasteiger partial charge in [-0.3, -0.25) is 9.48 Å². The maximum absolute atomic E-state index is 13.3. The number of pyridine rings is 1. The first-order valence-corrected chi connectivity index (χ1v) is 10.7. The lowest BCUT2D eigenvalue weighted by Gasteiger charge is -2.25. The minimum absolute atomic E-state index is 0.0507. The van der Waals surface area contributed by atoms with Gasteiger partial charge in [0.2, 0.25) is 0 Å². The van der Waals surface area contributed by atoms with E-state index in [1.165, 1.54) is 5.56 Å². The van der Waals surface area contributed by atoms with Crippen LogP contribution in [0, 0.1) is 13.8 Å². The largest absolute Gasteiger partial charge is 0.490 e. The van der Waals surface area contributed by atoms with Gasteiger partial charge in [0.15, 0.2) is 5.65 Å². The van der Waals surface area contributed by atoms with Gasteiger partial charge in [-0.2, -0.15) is 18.3 Å². The molecule has 1 aliphatic heterocycles. The van der Waals surface area contributed by atoms with Gasteiger partial charge >= 0.3 is 12.1 Å². The van der Waals surface area contributed by atoms with Gasteiger partial charge < -0.3 is 15.3 Å². The van der Waals surface area contributed by atoms with E-state index in [0.29, 0.717) is 12.1 Å². The minimum atomic E-state index is -5.08. The number of carboxylic acids is 1. The van der Waals surface area contributed by atoms with E-state index in [4.69, 9.17) is 9.90 Å². The SMILES string of the molecule is Cc1nc2c(cc1C(=O)N1CCCNC(c3ccccc3)C1)c(C)nn2C.O=C(O)C(F)(F)F. The van der Waals surface area contributed by atoms with Gasteiger partial charge in [-0.25, -0.2) is 9.78 Å². The Kier molecular flexibility index (Phi) is 7.55. The van der Waals surface area contributed by atoms with Gasteiger partial charge in [0.1, 0.15) is 0 Å². The highest BCUT2D eigenvalue weighted by molar-refractivity contribution is 5.98. The third-order valence-electron chi connectivity index (χ3n) is 5.55. The second-order valence-electron chi connectivity index (χ2n) is 8.03. The van der Waals surface area contributed by atoms with Gasteiger partial charge in [0.05, 0.1) is 17.0 Å². The lowest BCUT2D eigenvalue weighted by Crippen LogP contribution is -2.36. The summed E-state index contributed by atoms with van der Waals surface area (Å²) in [5.41, 5.74) is 4.36. The van der Waals surface area contributed by atoms with E-state index in [0.717, 1.165) is 41.9 Å². The first-order chi connectivity index (χ1) is 16.0. The third kappa shape index (κ3) is 5.71. The van der Waals surface area contributed by atoms with Crippen molar-refractivity contribution >= 4 is 22.9 Å². The van der Waals surface area contributed by atoms with Crippen LogP contribution in [-0.4, -0.2) is 62.5 Å². The number of hydrogen-bond acceptors (Lipinski definition) is 5. The fraction of sp³-hybridized carbons (Fsp3) is 0.391. The molecule has 2 N–H and O–H groups in total. The van der Waals surface area contributed by atoms with Crippen molar-refractivity contribution < 1.29 is 27.9 Å². The lowest BCUT2D eigenvalue weighted by molar-refractivity contribution is -0.192. The minimum Gasteiger partial charge on any atom is -0.475 e. The summed E-state index contributed by atoms with van der Waals surface area (Å²) in [6.07, 6.45) is -4.14. The van der Waals surface area contributed by atoms with E-state index in [9.17, 15) is 18.0 Å². The number of carbonyl (C=O) groups excluding carboxylic acids is 1. The van der Waals surface area contributed by atoms with Gasteiger partial charge in [0.25, 0.3) is 5.91 Å². The summed E-state index contributed by atoms with van der Waals surface area (Å²) >= 11 is 0. The number of amides is 1. The Balaban J connectivity index is 0.000000406. The Morgan fingerprint density at radius 1 is 1.15 bits per heavy atom. The molecule has 11 heteroatoms. The highest BCUT2D eigenvalue weighted by Crippen LogP contribution is 2.23. The Morgan fingerprint density at radius 2 is 1.79 bits per heavy atom. The second-order valence-corrected chi connectivity index (χ2v) is 8.03. The van der Waals surface area contributed by atoms with Crippen LogP contribution in [0.5, 0.6) is 0 Å². The molecule has 0 radical (unpaired) electrons. The van der Waals surface area contributed by atoms with Crippen LogP contribution in [0.25, 0.3) is 11.0 Å². The number of carbonyl (C=O) groups is 2. The first-order valence-electron chi connectivity index (χ1n) is 10.7. The van der Waals surface area contributed by atoms with Crippen LogP contribution in [0.3, 0.4) is 0 Å². The Labute approximate surface area is 194 Å². The molecule has 0 aliphatic carbocycles. The number of rotatable bonds is 2. The normalized spacial score (nSPS) is 16.5. The van der Waals surface area contributed by atoms with Gasteiger partial charge in [-0.1, -0.05) is 30.3 Å². The van der Waals surface area contributed by atoms with Crippen molar-refractivity contribution in [1.29, 1.82) is 0 Å². The quantitative estimate of drug-likeness (QED) is 0.587. The van der Waals surface area contributed by atoms with Crippen molar-refractivity contribution in [1.82, 2.24) is 25.0 Å². The number of nitrogens with zero attached hydrogens (tertiary/aromatic N) is 4. The molecule has 1 amide bonds. The van der Waals surface area contributed by atoms with Crippen LogP contribution >= 0.6 is 0 Å². The molecule has 1 aromatic carbocycles. The monoisotopic (exact) mass is 477 g/mol. The molecule has 3 heterocycles. The Morgan fingerprint density at radius 3 is 2.41 bits per heavy atom. The van der Waals surface area contributed by atoms with E-state index >= 15 is 0 Å². The maximum Gasteiger partial charge on any atom is 0.490 e. The molecule has 1 saturated heterocycles. The zero-order valence-corrected chi connectivity index (χ0v) is 19.1. The van der Waals surface area contributed by atoms with Gasteiger partial charge in [-0.15, -0.1) is 0 Å². The number of aryl methyl sites for hydroxylation is 3. The number of aliphatic carboxylic acids is 1. The van der Waals surface area contributed by atoms with Gasteiger partial charge in [0, 0.05) is 31.6 Å². The van der Waals surface area contributed by atoms with Gasteiger partial charge in [-0.05, 0) is 38.4 Å². The number of halogens is 3. The molecule has 34 heavy (non-hydrogen) atoms. The Bertz CT molecular complexity index is 1180. The van der Waals surface area contributed by atoms with Crippen LogP contribution in [0.15, 0.2) is 36.4 Å². The van der Waals surface area contributed by atoms with Crippen molar-refractivity contribution in [2.75, 3.05) is 19.6 Å².